The van der Waals surface area contributed by atoms with Gasteiger partial charge in [0.1, 0.15) is 0 Å². The average Bonchev–Trinajstić information content (AvgIpc) is 2.25. The molecule has 0 spiro atoms. The van der Waals surface area contributed by atoms with Crippen molar-refractivity contribution < 1.29 is 4.79 Å². The third-order valence-corrected chi connectivity index (χ3v) is 2.70. The smallest absolute Gasteiger partial charge is 0.228 e. The van der Waals surface area contributed by atoms with Crippen molar-refractivity contribution in [2.24, 2.45) is 17.6 Å². The van der Waals surface area contributed by atoms with Crippen LogP contribution in [0.5, 0.6) is 0 Å². The van der Waals surface area contributed by atoms with Crippen molar-refractivity contribution in [1.82, 2.24) is 0 Å². The molecule has 0 aromatic heterocycles. The average molecular weight is 234 g/mol. The fourth-order valence-corrected chi connectivity index (χ4v) is 1.85. The molecule has 0 bridgehead atoms. The largest absolute Gasteiger partial charge is 0.330 e. The van der Waals surface area contributed by atoms with Gasteiger partial charge in [-0.1, -0.05) is 26.0 Å². The summed E-state index contributed by atoms with van der Waals surface area (Å²) in [5.41, 5.74) is 7.62. The molecule has 0 aliphatic carbocycles. The molecule has 1 unspecified atom stereocenters. The first-order valence-electron chi connectivity index (χ1n) is 6.10. The Labute approximate surface area is 103 Å². The van der Waals surface area contributed by atoms with E-state index in [4.69, 9.17) is 5.73 Å². The van der Waals surface area contributed by atoms with Crippen molar-refractivity contribution in [2.75, 3.05) is 11.9 Å². The van der Waals surface area contributed by atoms with E-state index in [0.717, 1.165) is 17.7 Å². The zero-order valence-corrected chi connectivity index (χ0v) is 10.9. The van der Waals surface area contributed by atoms with Gasteiger partial charge < -0.3 is 11.1 Å². The molecule has 0 heterocycles. The molecule has 1 amide bonds. The topological polar surface area (TPSA) is 55.1 Å². The quantitative estimate of drug-likeness (QED) is 0.822. The molecule has 1 aromatic rings. The SMILES string of the molecule is Cc1cccc(NC(=O)C(CN)CC(C)C)c1. The third-order valence-electron chi connectivity index (χ3n) is 2.70. The molecule has 1 rings (SSSR count). The molecule has 3 N–H and O–H groups in total. The van der Waals surface area contributed by atoms with E-state index in [2.05, 4.69) is 19.2 Å². The molecule has 1 atom stereocenters. The van der Waals surface area contributed by atoms with Crippen LogP contribution < -0.4 is 11.1 Å². The van der Waals surface area contributed by atoms with Crippen molar-refractivity contribution in [3.63, 3.8) is 0 Å². The highest BCUT2D eigenvalue weighted by Crippen LogP contribution is 2.15. The van der Waals surface area contributed by atoms with E-state index in [-0.39, 0.29) is 11.8 Å². The summed E-state index contributed by atoms with van der Waals surface area (Å²) in [5.74, 6) is 0.397. The molecule has 0 saturated carbocycles. The highest BCUT2D eigenvalue weighted by molar-refractivity contribution is 5.92. The van der Waals surface area contributed by atoms with Crippen LogP contribution in [0.4, 0.5) is 5.69 Å². The van der Waals surface area contributed by atoms with Crippen molar-refractivity contribution in [3.05, 3.63) is 29.8 Å². The number of amides is 1. The summed E-state index contributed by atoms with van der Waals surface area (Å²) in [5, 5.41) is 2.92. The van der Waals surface area contributed by atoms with Gasteiger partial charge in [-0.05, 0) is 37.0 Å². The molecule has 0 radical (unpaired) electrons. The summed E-state index contributed by atoms with van der Waals surface area (Å²) in [6, 6.07) is 7.80. The van der Waals surface area contributed by atoms with E-state index in [1.54, 1.807) is 0 Å². The van der Waals surface area contributed by atoms with Crippen molar-refractivity contribution >= 4 is 11.6 Å². The lowest BCUT2D eigenvalue weighted by atomic mass is 9.96. The summed E-state index contributed by atoms with van der Waals surface area (Å²) >= 11 is 0. The van der Waals surface area contributed by atoms with Gasteiger partial charge in [0.2, 0.25) is 5.91 Å². The molecule has 0 aliphatic rings. The Morgan fingerprint density at radius 1 is 1.41 bits per heavy atom. The van der Waals surface area contributed by atoms with Crippen LogP contribution in [0, 0.1) is 18.8 Å². The predicted octanol–water partition coefficient (Wildman–Crippen LogP) is 2.55. The van der Waals surface area contributed by atoms with Gasteiger partial charge in [-0.15, -0.1) is 0 Å². The maximum atomic E-state index is 12.0. The van der Waals surface area contributed by atoms with Crippen molar-refractivity contribution in [3.8, 4) is 0 Å². The number of hydrogen-bond acceptors (Lipinski definition) is 2. The first kappa shape index (κ1) is 13.7. The number of hydrogen-bond donors (Lipinski definition) is 2. The number of aryl methyl sites for hydroxylation is 1. The van der Waals surface area contributed by atoms with Gasteiger partial charge >= 0.3 is 0 Å². The normalized spacial score (nSPS) is 12.5. The second kappa shape index (κ2) is 6.40. The highest BCUT2D eigenvalue weighted by atomic mass is 16.1. The Kier molecular flexibility index (Phi) is 5.16. The number of nitrogens with one attached hydrogen (secondary N) is 1. The fraction of sp³-hybridized carbons (Fsp3) is 0.500. The summed E-state index contributed by atoms with van der Waals surface area (Å²) in [6.45, 7) is 6.60. The minimum Gasteiger partial charge on any atom is -0.330 e. The van der Waals surface area contributed by atoms with E-state index in [1.165, 1.54) is 0 Å². The van der Waals surface area contributed by atoms with Crippen LogP contribution in [0.2, 0.25) is 0 Å². The van der Waals surface area contributed by atoms with Gasteiger partial charge in [0.25, 0.3) is 0 Å². The van der Waals surface area contributed by atoms with Gasteiger partial charge in [-0.3, -0.25) is 4.79 Å². The zero-order chi connectivity index (χ0) is 12.8. The first-order chi connectivity index (χ1) is 8.02. The maximum absolute atomic E-state index is 12.0. The molecule has 3 nitrogen and oxygen atoms in total. The molecule has 0 fully saturated rings. The Balaban J connectivity index is 2.64. The van der Waals surface area contributed by atoms with Crippen LogP contribution in [0.3, 0.4) is 0 Å². The van der Waals surface area contributed by atoms with Crippen LogP contribution in [-0.2, 0) is 4.79 Å². The Hall–Kier alpha value is -1.35. The van der Waals surface area contributed by atoms with E-state index in [9.17, 15) is 4.79 Å². The van der Waals surface area contributed by atoms with Crippen LogP contribution in [0.1, 0.15) is 25.8 Å². The molecule has 0 aliphatic heterocycles. The monoisotopic (exact) mass is 234 g/mol. The first-order valence-corrected chi connectivity index (χ1v) is 6.10. The lowest BCUT2D eigenvalue weighted by Gasteiger charge is -2.16. The number of carbonyl (C=O) groups excluding carboxylic acids is 1. The van der Waals surface area contributed by atoms with Crippen LogP contribution in [-0.4, -0.2) is 12.5 Å². The number of benzene rings is 1. The Morgan fingerprint density at radius 3 is 2.65 bits per heavy atom. The lowest BCUT2D eigenvalue weighted by molar-refractivity contribution is -0.120. The molecule has 1 aromatic carbocycles. The third kappa shape index (κ3) is 4.57. The van der Waals surface area contributed by atoms with E-state index in [0.29, 0.717) is 12.5 Å². The highest BCUT2D eigenvalue weighted by Gasteiger charge is 2.18. The van der Waals surface area contributed by atoms with Gasteiger partial charge in [-0.25, -0.2) is 0 Å². The van der Waals surface area contributed by atoms with Gasteiger partial charge in [-0.2, -0.15) is 0 Å². The van der Waals surface area contributed by atoms with Crippen LogP contribution in [0.25, 0.3) is 0 Å². The molecular formula is C14H22N2O. The predicted molar refractivity (Wildman–Crippen MR) is 71.8 cm³/mol. The van der Waals surface area contributed by atoms with E-state index >= 15 is 0 Å². The standard InChI is InChI=1S/C14H22N2O/c1-10(2)7-12(9-15)14(17)16-13-6-4-5-11(3)8-13/h4-6,8,10,12H,7,9,15H2,1-3H3,(H,16,17). The molecular weight excluding hydrogens is 212 g/mol. The minimum absolute atomic E-state index is 0.0202. The summed E-state index contributed by atoms with van der Waals surface area (Å²) < 4.78 is 0. The summed E-state index contributed by atoms with van der Waals surface area (Å²) in [7, 11) is 0. The summed E-state index contributed by atoms with van der Waals surface area (Å²) in [4.78, 5) is 12.0. The van der Waals surface area contributed by atoms with E-state index in [1.807, 2.05) is 31.2 Å². The molecule has 94 valence electrons. The Morgan fingerprint density at radius 2 is 2.12 bits per heavy atom. The molecule has 3 heteroatoms. The summed E-state index contributed by atoms with van der Waals surface area (Å²) in [6.07, 6.45) is 0.828. The number of rotatable bonds is 5. The number of anilines is 1. The van der Waals surface area contributed by atoms with Crippen LogP contribution >= 0.6 is 0 Å². The van der Waals surface area contributed by atoms with Gasteiger partial charge in [0, 0.05) is 12.2 Å². The second-order valence-electron chi connectivity index (χ2n) is 4.92. The van der Waals surface area contributed by atoms with Gasteiger partial charge in [0.15, 0.2) is 0 Å². The number of nitrogens with two attached hydrogens (primary N) is 1. The number of carbonyl (C=O) groups is 1. The van der Waals surface area contributed by atoms with Crippen molar-refractivity contribution in [1.29, 1.82) is 0 Å². The van der Waals surface area contributed by atoms with Gasteiger partial charge in [0.05, 0.1) is 5.92 Å². The molecule has 0 saturated heterocycles. The van der Waals surface area contributed by atoms with Crippen molar-refractivity contribution in [2.45, 2.75) is 27.2 Å². The fourth-order valence-electron chi connectivity index (χ4n) is 1.85. The van der Waals surface area contributed by atoms with Crippen LogP contribution in [0.15, 0.2) is 24.3 Å². The lowest BCUT2D eigenvalue weighted by Crippen LogP contribution is -2.30. The van der Waals surface area contributed by atoms with E-state index < -0.39 is 0 Å². The zero-order valence-electron chi connectivity index (χ0n) is 10.9. The maximum Gasteiger partial charge on any atom is 0.228 e. The molecule has 17 heavy (non-hydrogen) atoms. The Bertz CT molecular complexity index is 374. The second-order valence-corrected chi connectivity index (χ2v) is 4.92. The minimum atomic E-state index is -0.101.